The molecule has 0 bridgehead atoms. The van der Waals surface area contributed by atoms with Crippen LogP contribution in [0.5, 0.6) is 0 Å². The van der Waals surface area contributed by atoms with Crippen LogP contribution in [0.4, 0.5) is 0 Å². The quantitative estimate of drug-likeness (QED) is 0.771. The Morgan fingerprint density at radius 1 is 1.45 bits per heavy atom. The zero-order valence-electron chi connectivity index (χ0n) is 13.3. The zero-order valence-corrected chi connectivity index (χ0v) is 13.3. The van der Waals surface area contributed by atoms with Crippen LogP contribution in [0.3, 0.4) is 0 Å². The van der Waals surface area contributed by atoms with Crippen molar-refractivity contribution >= 4 is 0 Å². The number of hydrogen-bond donors (Lipinski definition) is 1. The molecule has 1 aliphatic carbocycles. The maximum absolute atomic E-state index is 5.92. The van der Waals surface area contributed by atoms with Gasteiger partial charge in [0.2, 0.25) is 0 Å². The summed E-state index contributed by atoms with van der Waals surface area (Å²) in [4.78, 5) is 2.45. The van der Waals surface area contributed by atoms with Crippen LogP contribution >= 0.6 is 0 Å². The molecule has 3 nitrogen and oxygen atoms in total. The predicted molar refractivity (Wildman–Crippen MR) is 83.7 cm³/mol. The first-order valence-corrected chi connectivity index (χ1v) is 7.57. The Labute approximate surface area is 123 Å². The van der Waals surface area contributed by atoms with Gasteiger partial charge < -0.3 is 9.73 Å². The van der Waals surface area contributed by atoms with Crippen molar-refractivity contribution in [2.45, 2.75) is 65.2 Å². The van der Waals surface area contributed by atoms with Gasteiger partial charge in [-0.25, -0.2) is 0 Å². The Morgan fingerprint density at radius 3 is 2.70 bits per heavy atom. The molecule has 0 amide bonds. The molecule has 2 rings (SSSR count). The molecular formula is C17H28N2O. The van der Waals surface area contributed by atoms with E-state index in [4.69, 9.17) is 4.42 Å². The minimum atomic E-state index is 0.132. The molecule has 1 aliphatic rings. The molecule has 0 atom stereocenters. The van der Waals surface area contributed by atoms with Gasteiger partial charge in [0.15, 0.2) is 0 Å². The topological polar surface area (TPSA) is 28.4 Å². The van der Waals surface area contributed by atoms with Gasteiger partial charge in [-0.2, -0.15) is 0 Å². The molecule has 3 heteroatoms. The number of nitrogens with zero attached hydrogens (tertiary/aromatic N) is 1. The lowest BCUT2D eigenvalue weighted by Crippen LogP contribution is -2.35. The molecule has 0 spiro atoms. The monoisotopic (exact) mass is 276 g/mol. The minimum Gasteiger partial charge on any atom is -0.465 e. The fourth-order valence-electron chi connectivity index (χ4n) is 2.35. The van der Waals surface area contributed by atoms with Crippen molar-refractivity contribution < 1.29 is 4.42 Å². The molecule has 1 saturated carbocycles. The summed E-state index contributed by atoms with van der Waals surface area (Å²) in [6.45, 7) is 15.2. The van der Waals surface area contributed by atoms with Gasteiger partial charge in [-0.15, -0.1) is 6.58 Å². The van der Waals surface area contributed by atoms with Crippen LogP contribution in [0.25, 0.3) is 0 Å². The lowest BCUT2D eigenvalue weighted by Gasteiger charge is -2.20. The van der Waals surface area contributed by atoms with Crippen LogP contribution < -0.4 is 5.32 Å². The third-order valence-corrected chi connectivity index (χ3v) is 3.67. The third-order valence-electron chi connectivity index (χ3n) is 3.67. The van der Waals surface area contributed by atoms with Crippen LogP contribution in [0.2, 0.25) is 0 Å². The molecule has 0 radical (unpaired) electrons. The van der Waals surface area contributed by atoms with Gasteiger partial charge in [0.1, 0.15) is 11.5 Å². The summed E-state index contributed by atoms with van der Waals surface area (Å²) in [6, 6.07) is 2.93. The zero-order chi connectivity index (χ0) is 14.8. The van der Waals surface area contributed by atoms with Crippen molar-refractivity contribution in [3.8, 4) is 0 Å². The van der Waals surface area contributed by atoms with E-state index < -0.39 is 0 Å². The van der Waals surface area contributed by atoms with Gasteiger partial charge in [-0.05, 0) is 46.6 Å². The molecule has 112 valence electrons. The summed E-state index contributed by atoms with van der Waals surface area (Å²) in [5.41, 5.74) is 1.40. The second kappa shape index (κ2) is 6.15. The van der Waals surface area contributed by atoms with Gasteiger partial charge in [-0.3, -0.25) is 4.90 Å². The van der Waals surface area contributed by atoms with Gasteiger partial charge in [0, 0.05) is 30.2 Å². The highest BCUT2D eigenvalue weighted by molar-refractivity contribution is 5.21. The van der Waals surface area contributed by atoms with Gasteiger partial charge in [-0.1, -0.05) is 6.08 Å². The highest BCUT2D eigenvalue weighted by Gasteiger charge is 2.28. The molecule has 1 heterocycles. The average molecular weight is 276 g/mol. The number of rotatable bonds is 7. The smallest absolute Gasteiger partial charge is 0.118 e. The van der Waals surface area contributed by atoms with E-state index in [-0.39, 0.29) is 5.54 Å². The second-order valence-corrected chi connectivity index (χ2v) is 6.85. The van der Waals surface area contributed by atoms with E-state index in [0.29, 0.717) is 0 Å². The SMILES string of the molecule is C=CCN(Cc1cc(CNC(C)(C)C)c(C)o1)C1CC1. The molecule has 1 aromatic heterocycles. The maximum atomic E-state index is 5.92. The number of furan rings is 1. The highest BCUT2D eigenvalue weighted by Crippen LogP contribution is 2.29. The summed E-state index contributed by atoms with van der Waals surface area (Å²) in [7, 11) is 0. The average Bonchev–Trinajstić information content (AvgIpc) is 3.11. The standard InChI is InChI=1S/C17H28N2O/c1-6-9-19(15-7-8-15)12-16-10-14(13(2)20-16)11-18-17(3,4)5/h6,10,15,18H,1,7-9,11-12H2,2-5H3. The van der Waals surface area contributed by atoms with E-state index in [0.717, 1.165) is 37.2 Å². The first-order valence-electron chi connectivity index (χ1n) is 7.57. The minimum absolute atomic E-state index is 0.132. The lowest BCUT2D eigenvalue weighted by molar-refractivity contribution is 0.256. The number of aryl methyl sites for hydroxylation is 1. The molecule has 0 saturated heterocycles. The molecule has 1 fully saturated rings. The molecular weight excluding hydrogens is 248 g/mol. The first-order chi connectivity index (χ1) is 9.39. The first kappa shape index (κ1) is 15.3. The van der Waals surface area contributed by atoms with Gasteiger partial charge >= 0.3 is 0 Å². The van der Waals surface area contributed by atoms with E-state index in [1.807, 2.05) is 6.08 Å². The number of nitrogens with one attached hydrogen (secondary N) is 1. The van der Waals surface area contributed by atoms with Crippen LogP contribution in [0.15, 0.2) is 23.1 Å². The molecule has 1 N–H and O–H groups in total. The summed E-state index contributed by atoms with van der Waals surface area (Å²) < 4.78 is 5.92. The van der Waals surface area contributed by atoms with Gasteiger partial charge in [0.25, 0.3) is 0 Å². The maximum Gasteiger partial charge on any atom is 0.118 e. The van der Waals surface area contributed by atoms with E-state index in [1.165, 1.54) is 18.4 Å². The summed E-state index contributed by atoms with van der Waals surface area (Å²) >= 11 is 0. The molecule has 0 unspecified atom stereocenters. The van der Waals surface area contributed by atoms with Crippen LogP contribution in [-0.4, -0.2) is 23.0 Å². The third kappa shape index (κ3) is 4.50. The van der Waals surface area contributed by atoms with Crippen LogP contribution in [0.1, 0.15) is 50.7 Å². The van der Waals surface area contributed by atoms with Gasteiger partial charge in [0.05, 0.1) is 6.54 Å². The normalized spacial score (nSPS) is 15.8. The van der Waals surface area contributed by atoms with Crippen molar-refractivity contribution in [2.75, 3.05) is 6.54 Å². The Kier molecular flexibility index (Phi) is 4.71. The largest absolute Gasteiger partial charge is 0.465 e. The van der Waals surface area contributed by atoms with Crippen LogP contribution in [-0.2, 0) is 13.1 Å². The fourth-order valence-corrected chi connectivity index (χ4v) is 2.35. The lowest BCUT2D eigenvalue weighted by atomic mass is 10.1. The molecule has 20 heavy (non-hydrogen) atoms. The summed E-state index contributed by atoms with van der Waals surface area (Å²) in [6.07, 6.45) is 4.61. The van der Waals surface area contributed by atoms with E-state index in [1.54, 1.807) is 0 Å². The van der Waals surface area contributed by atoms with Crippen molar-refractivity contribution in [3.05, 3.63) is 35.8 Å². The molecule has 0 aliphatic heterocycles. The van der Waals surface area contributed by atoms with Crippen molar-refractivity contribution in [3.63, 3.8) is 0 Å². The van der Waals surface area contributed by atoms with Crippen molar-refractivity contribution in [1.29, 1.82) is 0 Å². The Hall–Kier alpha value is -1.06. The molecule has 0 aromatic carbocycles. The van der Waals surface area contributed by atoms with E-state index in [2.05, 4.69) is 50.6 Å². The van der Waals surface area contributed by atoms with E-state index in [9.17, 15) is 0 Å². The second-order valence-electron chi connectivity index (χ2n) is 6.85. The Bertz CT molecular complexity index is 452. The van der Waals surface area contributed by atoms with Crippen molar-refractivity contribution in [1.82, 2.24) is 10.2 Å². The van der Waals surface area contributed by atoms with Crippen LogP contribution in [0, 0.1) is 6.92 Å². The predicted octanol–water partition coefficient (Wildman–Crippen LogP) is 3.63. The Balaban J connectivity index is 1.97. The summed E-state index contributed by atoms with van der Waals surface area (Å²) in [5, 5.41) is 3.52. The summed E-state index contributed by atoms with van der Waals surface area (Å²) in [5.74, 6) is 2.10. The fraction of sp³-hybridized carbons (Fsp3) is 0.647. The highest BCUT2D eigenvalue weighted by atomic mass is 16.3. The van der Waals surface area contributed by atoms with E-state index >= 15 is 0 Å². The molecule has 1 aromatic rings. The van der Waals surface area contributed by atoms with Crippen molar-refractivity contribution in [2.24, 2.45) is 0 Å². The number of hydrogen-bond acceptors (Lipinski definition) is 3. The Morgan fingerprint density at radius 2 is 2.15 bits per heavy atom.